The van der Waals surface area contributed by atoms with E-state index < -0.39 is 37.0 Å². The SMILES string of the molecule is CC1(C)C(/C=C/C=C2\Nc3ncc(C#Cc4ccc(S(=O)(=O)[O-])cc4)cc3C2(C)C)=Nc2c1cc(C#Cc1ccc(S(=O)(=O)[O-])cc1)c[n+]2CCCCCC(=O)O.[Na+]. The van der Waals surface area contributed by atoms with E-state index in [0.717, 1.165) is 41.2 Å². The Labute approximate surface area is 361 Å². The number of hydrogen-bond donors (Lipinski definition) is 2. The summed E-state index contributed by atoms with van der Waals surface area (Å²) >= 11 is 0. The number of aliphatic carboxylic acids is 1. The molecule has 0 amide bonds. The van der Waals surface area contributed by atoms with E-state index >= 15 is 0 Å². The molecule has 2 aromatic carbocycles. The van der Waals surface area contributed by atoms with Gasteiger partial charge in [0.25, 0.3) is 0 Å². The predicted octanol–water partition coefficient (Wildman–Crippen LogP) is 2.83. The summed E-state index contributed by atoms with van der Waals surface area (Å²) in [4.78, 5) is 20.1. The average molecular weight is 827 g/mol. The Morgan fingerprint density at radius 3 is 1.91 bits per heavy atom. The number of anilines is 1. The fourth-order valence-corrected chi connectivity index (χ4v) is 7.50. The zero-order valence-corrected chi connectivity index (χ0v) is 36.3. The number of aliphatic imine (C=N–C) groups is 1. The zero-order valence-electron chi connectivity index (χ0n) is 32.7. The van der Waals surface area contributed by atoms with Crippen LogP contribution in [0.3, 0.4) is 0 Å². The van der Waals surface area contributed by atoms with Crippen molar-refractivity contribution < 1.29 is 70.0 Å². The van der Waals surface area contributed by atoms with Gasteiger partial charge in [-0.25, -0.2) is 26.4 Å². The van der Waals surface area contributed by atoms with E-state index in [0.29, 0.717) is 41.0 Å². The molecule has 2 aliphatic rings. The van der Waals surface area contributed by atoms with Gasteiger partial charge in [-0.3, -0.25) is 4.79 Å². The van der Waals surface area contributed by atoms with Crippen molar-refractivity contribution in [2.75, 3.05) is 5.32 Å². The molecule has 0 fully saturated rings. The maximum Gasteiger partial charge on any atom is 1.00 e. The molecule has 292 valence electrons. The van der Waals surface area contributed by atoms with Crippen LogP contribution < -0.4 is 39.4 Å². The predicted molar refractivity (Wildman–Crippen MR) is 212 cm³/mol. The number of carboxylic acid groups (broad SMARTS) is 1. The Kier molecular flexibility index (Phi) is 13.4. The molecule has 4 heterocycles. The molecule has 6 rings (SSSR count). The van der Waals surface area contributed by atoms with Crippen LogP contribution in [-0.2, 0) is 42.4 Å². The monoisotopic (exact) mass is 826 g/mol. The van der Waals surface area contributed by atoms with Gasteiger partial charge >= 0.3 is 41.3 Å². The molecule has 0 saturated heterocycles. The van der Waals surface area contributed by atoms with Crippen LogP contribution in [0.15, 0.2) is 112 Å². The van der Waals surface area contributed by atoms with E-state index in [2.05, 4.69) is 61.7 Å². The molecular weight excluding hydrogens is 788 g/mol. The molecule has 0 aliphatic carbocycles. The molecule has 2 aliphatic heterocycles. The van der Waals surface area contributed by atoms with Crippen molar-refractivity contribution in [1.82, 2.24) is 4.98 Å². The second-order valence-corrected chi connectivity index (χ2v) is 17.5. The molecule has 0 spiro atoms. The Balaban J connectivity index is 0.00000641. The number of hydrogen-bond acceptors (Lipinski definition) is 10. The first-order valence-corrected chi connectivity index (χ1v) is 20.9. The number of nitrogens with one attached hydrogen (secondary N) is 1. The van der Waals surface area contributed by atoms with E-state index in [1.807, 2.05) is 41.1 Å². The molecule has 2 aromatic heterocycles. The van der Waals surface area contributed by atoms with E-state index in [4.69, 9.17) is 10.1 Å². The van der Waals surface area contributed by atoms with Gasteiger partial charge in [-0.2, -0.15) is 0 Å². The van der Waals surface area contributed by atoms with Crippen molar-refractivity contribution >= 4 is 43.6 Å². The van der Waals surface area contributed by atoms with Crippen molar-refractivity contribution in [2.45, 2.75) is 80.5 Å². The zero-order chi connectivity index (χ0) is 41.2. The smallest absolute Gasteiger partial charge is 0.744 e. The summed E-state index contributed by atoms with van der Waals surface area (Å²) in [5.41, 5.74) is 5.23. The fourth-order valence-electron chi connectivity index (χ4n) is 6.56. The number of rotatable bonds is 10. The first kappa shape index (κ1) is 44.2. The minimum absolute atomic E-state index is 0. The van der Waals surface area contributed by atoms with Gasteiger partial charge in [-0.15, -0.1) is 0 Å². The number of nitrogens with zero attached hydrogens (tertiary/aromatic N) is 3. The Morgan fingerprint density at radius 2 is 1.34 bits per heavy atom. The third kappa shape index (κ3) is 10.2. The fraction of sp³-hybridized carbons (Fsp3) is 0.256. The quantitative estimate of drug-likeness (QED) is 0.0790. The molecule has 0 atom stereocenters. The van der Waals surface area contributed by atoms with E-state index in [9.17, 15) is 30.7 Å². The molecule has 4 aromatic rings. The maximum atomic E-state index is 11.4. The minimum atomic E-state index is -4.57. The van der Waals surface area contributed by atoms with Gasteiger partial charge in [0.2, 0.25) is 0 Å². The first-order valence-electron chi connectivity index (χ1n) is 18.0. The van der Waals surface area contributed by atoms with Crippen LogP contribution in [0.1, 0.15) is 86.8 Å². The summed E-state index contributed by atoms with van der Waals surface area (Å²) in [6.07, 6.45) is 11.7. The molecule has 0 saturated carbocycles. The number of carboxylic acids is 1. The Bertz CT molecular complexity index is 2720. The van der Waals surface area contributed by atoms with Crippen molar-refractivity contribution in [1.29, 1.82) is 0 Å². The summed E-state index contributed by atoms with van der Waals surface area (Å²) < 4.78 is 69.8. The summed E-state index contributed by atoms with van der Waals surface area (Å²) in [7, 11) is -9.10. The molecular formula is C43H39N4NaO8S2. The number of unbranched alkanes of at least 4 members (excludes halogenated alkanes) is 2. The van der Waals surface area contributed by atoms with Crippen molar-refractivity contribution in [3.63, 3.8) is 0 Å². The second-order valence-electron chi connectivity index (χ2n) is 14.8. The number of aryl methyl sites for hydroxylation is 1. The second kappa shape index (κ2) is 17.5. The van der Waals surface area contributed by atoms with Crippen LogP contribution in [0.4, 0.5) is 11.6 Å². The van der Waals surface area contributed by atoms with Gasteiger partial charge in [-0.05, 0) is 111 Å². The van der Waals surface area contributed by atoms with Gasteiger partial charge in [0.1, 0.15) is 32.3 Å². The Morgan fingerprint density at radius 1 is 0.793 bits per heavy atom. The average Bonchev–Trinajstić information content (AvgIpc) is 3.55. The van der Waals surface area contributed by atoms with E-state index in [1.165, 1.54) is 48.5 Å². The van der Waals surface area contributed by atoms with E-state index in [-0.39, 0.29) is 45.8 Å². The molecule has 58 heavy (non-hydrogen) atoms. The van der Waals surface area contributed by atoms with Crippen LogP contribution in [0.2, 0.25) is 0 Å². The number of pyridine rings is 2. The molecule has 0 radical (unpaired) electrons. The topological polar surface area (TPSA) is 193 Å². The Hall–Kier alpha value is -4.90. The molecule has 0 unspecified atom stereocenters. The van der Waals surface area contributed by atoms with Crippen molar-refractivity contribution in [2.24, 2.45) is 4.99 Å². The summed E-state index contributed by atoms with van der Waals surface area (Å²) in [5, 5.41) is 12.5. The normalized spacial score (nSPS) is 15.6. The van der Waals surface area contributed by atoms with Crippen LogP contribution in [0.25, 0.3) is 0 Å². The largest absolute Gasteiger partial charge is 1.00 e. The van der Waals surface area contributed by atoms with Crippen molar-refractivity contribution in [3.8, 4) is 23.7 Å². The maximum absolute atomic E-state index is 11.4. The van der Waals surface area contributed by atoms with Gasteiger partial charge < -0.3 is 19.5 Å². The van der Waals surface area contributed by atoms with Crippen molar-refractivity contribution in [3.05, 3.63) is 130 Å². The number of benzene rings is 2. The molecule has 0 bridgehead atoms. The number of allylic oxidation sites excluding steroid dienone is 4. The number of fused-ring (bicyclic) bond motifs is 2. The van der Waals surface area contributed by atoms with Gasteiger partial charge in [0.15, 0.2) is 5.71 Å². The summed E-state index contributed by atoms with van der Waals surface area (Å²) in [5.74, 6) is 13.0. The molecule has 12 nitrogen and oxygen atoms in total. The summed E-state index contributed by atoms with van der Waals surface area (Å²) in [6, 6.07) is 14.9. The van der Waals surface area contributed by atoms with Crippen LogP contribution in [0.5, 0.6) is 0 Å². The van der Waals surface area contributed by atoms with Gasteiger partial charge in [0.05, 0.1) is 32.9 Å². The third-order valence-corrected chi connectivity index (χ3v) is 11.6. The van der Waals surface area contributed by atoms with Crippen LogP contribution in [-0.4, -0.2) is 47.7 Å². The van der Waals surface area contributed by atoms with Crippen LogP contribution in [0, 0.1) is 23.7 Å². The van der Waals surface area contributed by atoms with Gasteiger partial charge in [0, 0.05) is 46.0 Å². The van der Waals surface area contributed by atoms with Gasteiger partial charge in [-0.1, -0.05) is 43.6 Å². The first-order chi connectivity index (χ1) is 26.8. The molecule has 2 N–H and O–H groups in total. The third-order valence-electron chi connectivity index (χ3n) is 9.93. The van der Waals surface area contributed by atoms with E-state index in [1.54, 1.807) is 6.20 Å². The van der Waals surface area contributed by atoms with Crippen LogP contribution >= 0.6 is 0 Å². The summed E-state index contributed by atoms with van der Waals surface area (Å²) in [6.45, 7) is 8.95. The number of carbonyl (C=O) groups is 1. The standard InChI is InChI=1S/C43H40N4O8S2.Na/c1-42(2)35-25-31(14-12-29-16-20-33(21-17-29)56(50,51)52)27-44-40(35)45-37(42)9-8-10-38-43(3,4)36-26-32(15-13-30-18-22-34(23-19-30)57(53,54)55)28-47(41(36)46-38)24-7-5-6-11-39(48)49;/h8-10,16-23,25-28H,5-7,11,24H2,1-4H3,(H3,48,49,50,51,52,53,54,55);/q;+1/p-1. The molecule has 15 heteroatoms. The minimum Gasteiger partial charge on any atom is -0.744 e. The number of aromatic nitrogens is 2.